The summed E-state index contributed by atoms with van der Waals surface area (Å²) in [5, 5.41) is 0. The molecule has 166 valence electrons. The van der Waals surface area contributed by atoms with Crippen molar-refractivity contribution in [3.8, 4) is 17.2 Å². The number of hydrogen-bond donors (Lipinski definition) is 0. The number of nitrogens with zero attached hydrogens (tertiary/aromatic N) is 1. The van der Waals surface area contributed by atoms with E-state index < -0.39 is 9.84 Å². The summed E-state index contributed by atoms with van der Waals surface area (Å²) in [7, 11) is 1.61. The van der Waals surface area contributed by atoms with Crippen molar-refractivity contribution in [3.05, 3.63) is 59.2 Å². The topological polar surface area (TPSA) is 82.1 Å². The van der Waals surface area contributed by atoms with E-state index >= 15 is 0 Å². The first-order valence-electron chi connectivity index (χ1n) is 9.81. The van der Waals surface area contributed by atoms with Gasteiger partial charge in [-0.1, -0.05) is 18.2 Å². The number of carbonyl (C=O) groups is 1. The lowest BCUT2D eigenvalue weighted by molar-refractivity contribution is 0.0772. The highest BCUT2D eigenvalue weighted by Crippen LogP contribution is 2.40. The molecule has 2 aromatic carbocycles. The number of amides is 1. The summed E-state index contributed by atoms with van der Waals surface area (Å²) < 4.78 is 39.5. The third-order valence-corrected chi connectivity index (χ3v) is 5.99. The van der Waals surface area contributed by atoms with E-state index in [1.54, 1.807) is 50.5 Å². The largest absolute Gasteiger partial charge is 0.496 e. The van der Waals surface area contributed by atoms with Gasteiger partial charge in [-0.25, -0.2) is 8.42 Å². The van der Waals surface area contributed by atoms with Gasteiger partial charge in [0.1, 0.15) is 17.2 Å². The Kier molecular flexibility index (Phi) is 6.90. The van der Waals surface area contributed by atoms with Crippen molar-refractivity contribution in [1.29, 1.82) is 0 Å². The third-order valence-electron chi connectivity index (χ3n) is 5.14. The highest BCUT2D eigenvalue weighted by atomic mass is 32.2. The smallest absolute Gasteiger partial charge is 0.254 e. The minimum absolute atomic E-state index is 0.0881. The van der Waals surface area contributed by atoms with Gasteiger partial charge in [-0.15, -0.1) is 0 Å². The van der Waals surface area contributed by atoms with Gasteiger partial charge in [0.15, 0.2) is 9.84 Å². The molecule has 3 rings (SSSR count). The molecule has 0 bridgehead atoms. The van der Waals surface area contributed by atoms with Gasteiger partial charge in [-0.3, -0.25) is 4.79 Å². The monoisotopic (exact) mass is 445 g/mol. The van der Waals surface area contributed by atoms with Gasteiger partial charge in [0.25, 0.3) is 5.91 Å². The first kappa shape index (κ1) is 22.7. The molecule has 0 spiro atoms. The van der Waals surface area contributed by atoms with Crippen LogP contribution in [0.2, 0.25) is 0 Å². The van der Waals surface area contributed by atoms with Gasteiger partial charge in [0.05, 0.1) is 32.6 Å². The van der Waals surface area contributed by atoms with E-state index in [1.165, 1.54) is 6.26 Å². The van der Waals surface area contributed by atoms with Crippen molar-refractivity contribution < 1.29 is 27.4 Å². The summed E-state index contributed by atoms with van der Waals surface area (Å²) in [4.78, 5) is 14.7. The highest BCUT2D eigenvalue weighted by molar-refractivity contribution is 7.89. The Morgan fingerprint density at radius 1 is 1.03 bits per heavy atom. The third kappa shape index (κ3) is 5.38. The van der Waals surface area contributed by atoms with E-state index in [0.29, 0.717) is 47.9 Å². The lowest BCUT2D eigenvalue weighted by Crippen LogP contribution is -2.34. The lowest BCUT2D eigenvalue weighted by atomic mass is 9.96. The van der Waals surface area contributed by atoms with Crippen molar-refractivity contribution >= 4 is 21.3 Å². The summed E-state index contributed by atoms with van der Waals surface area (Å²) in [6, 6.07) is 10.4. The van der Waals surface area contributed by atoms with Gasteiger partial charge < -0.3 is 19.1 Å². The van der Waals surface area contributed by atoms with Crippen molar-refractivity contribution in [1.82, 2.24) is 4.90 Å². The van der Waals surface area contributed by atoms with Gasteiger partial charge in [-0.05, 0) is 29.7 Å². The minimum atomic E-state index is -3.17. The van der Waals surface area contributed by atoms with E-state index in [9.17, 15) is 13.2 Å². The SMILES string of the molecule is COc1cc(OC)c(C2=CCN(C(=O)c3cccc(CS(C)(=O)=O)c3)CC2)c(OC)c1. The second-order valence-corrected chi connectivity index (χ2v) is 9.55. The highest BCUT2D eigenvalue weighted by Gasteiger charge is 2.24. The van der Waals surface area contributed by atoms with Gasteiger partial charge in [-0.2, -0.15) is 0 Å². The van der Waals surface area contributed by atoms with Gasteiger partial charge >= 0.3 is 0 Å². The van der Waals surface area contributed by atoms with Crippen LogP contribution < -0.4 is 14.2 Å². The van der Waals surface area contributed by atoms with Crippen molar-refractivity contribution in [3.63, 3.8) is 0 Å². The molecule has 1 heterocycles. The predicted molar refractivity (Wildman–Crippen MR) is 120 cm³/mol. The zero-order chi connectivity index (χ0) is 22.6. The van der Waals surface area contributed by atoms with E-state index in [4.69, 9.17) is 14.2 Å². The van der Waals surface area contributed by atoms with Crippen LogP contribution in [-0.4, -0.2) is 59.9 Å². The molecule has 0 aromatic heterocycles. The Morgan fingerprint density at radius 3 is 2.23 bits per heavy atom. The Balaban J connectivity index is 1.82. The molecule has 1 aliphatic rings. The summed E-state index contributed by atoms with van der Waals surface area (Å²) in [6.07, 6.45) is 3.81. The molecule has 31 heavy (non-hydrogen) atoms. The summed E-state index contributed by atoms with van der Waals surface area (Å²) in [5.74, 6) is 1.72. The fraction of sp³-hybridized carbons (Fsp3) is 0.348. The van der Waals surface area contributed by atoms with Gasteiger partial charge in [0, 0.05) is 37.0 Å². The second-order valence-electron chi connectivity index (χ2n) is 7.41. The summed E-state index contributed by atoms with van der Waals surface area (Å²) in [6.45, 7) is 0.960. The fourth-order valence-electron chi connectivity index (χ4n) is 3.68. The maximum absolute atomic E-state index is 13.0. The average Bonchev–Trinajstić information content (AvgIpc) is 2.76. The van der Waals surface area contributed by atoms with Crippen LogP contribution in [0.1, 0.15) is 27.9 Å². The zero-order valence-corrected chi connectivity index (χ0v) is 19.0. The van der Waals surface area contributed by atoms with Crippen LogP contribution in [0.15, 0.2) is 42.5 Å². The van der Waals surface area contributed by atoms with Crippen LogP contribution in [0, 0.1) is 0 Å². The van der Waals surface area contributed by atoms with Crippen molar-refractivity contribution in [2.24, 2.45) is 0 Å². The van der Waals surface area contributed by atoms with Crippen LogP contribution >= 0.6 is 0 Å². The molecular weight excluding hydrogens is 418 g/mol. The maximum Gasteiger partial charge on any atom is 0.254 e. The van der Waals surface area contributed by atoms with Crippen molar-refractivity contribution in [2.45, 2.75) is 12.2 Å². The Hall–Kier alpha value is -3.00. The molecule has 0 atom stereocenters. The Morgan fingerprint density at radius 2 is 1.71 bits per heavy atom. The number of methoxy groups -OCH3 is 3. The number of carbonyl (C=O) groups excluding carboxylic acids is 1. The van der Waals surface area contributed by atoms with E-state index in [0.717, 1.165) is 11.1 Å². The minimum Gasteiger partial charge on any atom is -0.496 e. The molecule has 0 N–H and O–H groups in total. The number of ether oxygens (including phenoxy) is 3. The van der Waals surface area contributed by atoms with Gasteiger partial charge in [0.2, 0.25) is 0 Å². The molecule has 0 fully saturated rings. The lowest BCUT2D eigenvalue weighted by Gasteiger charge is -2.28. The number of benzene rings is 2. The van der Waals surface area contributed by atoms with E-state index in [-0.39, 0.29) is 11.7 Å². The standard InChI is InChI=1S/C23H27NO6S/c1-28-19-13-20(29-2)22(21(14-19)30-3)17-8-10-24(11-9-17)23(25)18-7-5-6-16(12-18)15-31(4,26)27/h5-8,12-14H,9-11,15H2,1-4H3. The quantitative estimate of drug-likeness (QED) is 0.651. The summed E-state index contributed by atoms with van der Waals surface area (Å²) in [5.41, 5.74) is 2.98. The molecule has 0 saturated carbocycles. The molecule has 8 heteroatoms. The Labute approximate surface area is 183 Å². The molecule has 1 amide bonds. The van der Waals surface area contributed by atoms with Crippen LogP contribution in [-0.2, 0) is 15.6 Å². The molecule has 0 aliphatic carbocycles. The zero-order valence-electron chi connectivity index (χ0n) is 18.2. The summed E-state index contributed by atoms with van der Waals surface area (Å²) >= 11 is 0. The first-order chi connectivity index (χ1) is 14.8. The van der Waals surface area contributed by atoms with Crippen LogP contribution in [0.3, 0.4) is 0 Å². The number of rotatable bonds is 7. The normalized spacial score (nSPS) is 14.1. The number of hydrogen-bond acceptors (Lipinski definition) is 6. The first-order valence-corrected chi connectivity index (χ1v) is 11.9. The molecule has 1 aliphatic heterocycles. The van der Waals surface area contributed by atoms with Crippen LogP contribution in [0.4, 0.5) is 0 Å². The molecule has 2 aromatic rings. The Bertz CT molecular complexity index is 1080. The molecule has 0 unspecified atom stereocenters. The van der Waals surface area contributed by atoms with E-state index in [1.807, 2.05) is 18.2 Å². The van der Waals surface area contributed by atoms with E-state index in [2.05, 4.69) is 0 Å². The van der Waals surface area contributed by atoms with Crippen LogP contribution in [0.25, 0.3) is 5.57 Å². The second kappa shape index (κ2) is 9.43. The average molecular weight is 446 g/mol. The number of sulfone groups is 1. The molecule has 0 radical (unpaired) electrons. The molecule has 7 nitrogen and oxygen atoms in total. The van der Waals surface area contributed by atoms with Crippen LogP contribution in [0.5, 0.6) is 17.2 Å². The molecular formula is C23H27NO6S. The predicted octanol–water partition coefficient (Wildman–Crippen LogP) is 3.19. The molecule has 0 saturated heterocycles. The fourth-order valence-corrected chi connectivity index (χ4v) is 4.47. The van der Waals surface area contributed by atoms with Crippen molar-refractivity contribution in [2.75, 3.05) is 40.7 Å². The maximum atomic E-state index is 13.0.